The molecule has 0 fully saturated rings. The second-order valence-corrected chi connectivity index (χ2v) is 11.5. The molecule has 0 bridgehead atoms. The van der Waals surface area contributed by atoms with Crippen molar-refractivity contribution in [2.24, 2.45) is 0 Å². The molecule has 3 nitrogen and oxygen atoms in total. The van der Waals surface area contributed by atoms with Gasteiger partial charge in [0.2, 0.25) is 0 Å². The standard InChI is InChI=1S/C6H3Br6N3/c7-1(8)4-13-5(2(9)10)15-6(14-4)3(11)12/h1-3H. The number of rotatable bonds is 3. The highest BCUT2D eigenvalue weighted by Gasteiger charge is 2.17. The van der Waals surface area contributed by atoms with Crippen LogP contribution in [0.4, 0.5) is 0 Å². The van der Waals surface area contributed by atoms with Crippen molar-refractivity contribution < 1.29 is 0 Å². The molecule has 0 N–H and O–H groups in total. The molecule has 0 aromatic carbocycles. The molecule has 0 aliphatic heterocycles. The quantitative estimate of drug-likeness (QED) is 0.449. The number of aromatic nitrogens is 3. The summed E-state index contributed by atoms with van der Waals surface area (Å²) in [5.41, 5.74) is 0. The second-order valence-electron chi connectivity index (χ2n) is 2.31. The van der Waals surface area contributed by atoms with E-state index in [-0.39, 0.29) is 11.2 Å². The summed E-state index contributed by atoms with van der Waals surface area (Å²) in [7, 11) is 0. The molecule has 84 valence electrons. The van der Waals surface area contributed by atoms with Crippen LogP contribution >= 0.6 is 95.6 Å². The van der Waals surface area contributed by atoms with E-state index < -0.39 is 0 Å². The van der Waals surface area contributed by atoms with Gasteiger partial charge in [0.15, 0.2) is 17.5 Å². The van der Waals surface area contributed by atoms with Gasteiger partial charge in [-0.1, -0.05) is 95.6 Å². The van der Waals surface area contributed by atoms with Gasteiger partial charge in [-0.15, -0.1) is 0 Å². The summed E-state index contributed by atoms with van der Waals surface area (Å²) in [5.74, 6) is 1.88. The van der Waals surface area contributed by atoms with E-state index in [2.05, 4.69) is 111 Å². The Morgan fingerprint density at radius 3 is 0.867 bits per heavy atom. The molecule has 0 saturated heterocycles. The smallest absolute Gasteiger partial charge is 0.157 e. The molecule has 0 saturated carbocycles. The number of nitrogens with zero attached hydrogens (tertiary/aromatic N) is 3. The van der Waals surface area contributed by atoms with E-state index in [4.69, 9.17) is 0 Å². The number of halogens is 6. The fourth-order valence-corrected chi connectivity index (χ4v) is 1.95. The van der Waals surface area contributed by atoms with Crippen molar-refractivity contribution in [3.63, 3.8) is 0 Å². The van der Waals surface area contributed by atoms with E-state index >= 15 is 0 Å². The van der Waals surface area contributed by atoms with Crippen LogP contribution in [0.2, 0.25) is 0 Å². The van der Waals surface area contributed by atoms with E-state index in [1.165, 1.54) is 0 Å². The van der Waals surface area contributed by atoms with Crippen molar-refractivity contribution in [3.05, 3.63) is 17.5 Å². The molecule has 1 rings (SSSR count). The Hall–Kier alpha value is 1.89. The minimum Gasteiger partial charge on any atom is -0.214 e. The molecular weight excluding hydrogens is 594 g/mol. The predicted molar refractivity (Wildman–Crippen MR) is 81.6 cm³/mol. The highest BCUT2D eigenvalue weighted by Crippen LogP contribution is 2.33. The summed E-state index contributed by atoms with van der Waals surface area (Å²) in [5, 5.41) is 0. The largest absolute Gasteiger partial charge is 0.214 e. The van der Waals surface area contributed by atoms with Gasteiger partial charge in [-0.05, 0) is 0 Å². The maximum Gasteiger partial charge on any atom is 0.157 e. The van der Waals surface area contributed by atoms with Gasteiger partial charge in [0.25, 0.3) is 0 Å². The highest BCUT2D eigenvalue weighted by molar-refractivity contribution is 9.24. The molecule has 0 unspecified atom stereocenters. The van der Waals surface area contributed by atoms with E-state index in [0.29, 0.717) is 17.5 Å². The van der Waals surface area contributed by atoms with Gasteiger partial charge in [-0.2, -0.15) is 0 Å². The van der Waals surface area contributed by atoms with Gasteiger partial charge in [-0.3, -0.25) is 0 Å². The van der Waals surface area contributed by atoms with Crippen molar-refractivity contribution in [3.8, 4) is 0 Å². The van der Waals surface area contributed by atoms with Gasteiger partial charge in [0.05, 0.1) is 0 Å². The van der Waals surface area contributed by atoms with Crippen LogP contribution in [0, 0.1) is 0 Å². The maximum atomic E-state index is 4.26. The van der Waals surface area contributed by atoms with E-state index in [1.807, 2.05) is 0 Å². The molecular formula is C6H3Br6N3. The zero-order valence-corrected chi connectivity index (χ0v) is 16.4. The van der Waals surface area contributed by atoms with Crippen molar-refractivity contribution >= 4 is 95.6 Å². The molecule has 0 atom stereocenters. The first kappa shape index (κ1) is 14.9. The lowest BCUT2D eigenvalue weighted by Crippen LogP contribution is -2.06. The molecule has 1 aromatic heterocycles. The molecule has 9 heteroatoms. The van der Waals surface area contributed by atoms with Crippen molar-refractivity contribution in [2.45, 2.75) is 11.2 Å². The normalized spacial score (nSPS) is 11.8. The third-order valence-electron chi connectivity index (χ3n) is 1.27. The minimum atomic E-state index is -0.0944. The first-order valence-corrected chi connectivity index (χ1v) is 9.01. The van der Waals surface area contributed by atoms with Gasteiger partial charge >= 0.3 is 0 Å². The van der Waals surface area contributed by atoms with E-state index in [0.717, 1.165) is 0 Å². The summed E-state index contributed by atoms with van der Waals surface area (Å²) in [4.78, 5) is 12.8. The molecule has 0 aliphatic carbocycles. The fraction of sp³-hybridized carbons (Fsp3) is 0.500. The van der Waals surface area contributed by atoms with Crippen molar-refractivity contribution in [1.29, 1.82) is 0 Å². The zero-order chi connectivity index (χ0) is 11.6. The summed E-state index contributed by atoms with van der Waals surface area (Å²) in [6.45, 7) is 0. The summed E-state index contributed by atoms with van der Waals surface area (Å²) < 4.78 is -0.283. The molecule has 0 radical (unpaired) electrons. The van der Waals surface area contributed by atoms with E-state index in [9.17, 15) is 0 Å². The van der Waals surface area contributed by atoms with Gasteiger partial charge in [0, 0.05) is 0 Å². The highest BCUT2D eigenvalue weighted by atomic mass is 79.9. The van der Waals surface area contributed by atoms with Crippen LogP contribution < -0.4 is 0 Å². The lowest BCUT2D eigenvalue weighted by atomic mass is 10.5. The van der Waals surface area contributed by atoms with Gasteiger partial charge in [0.1, 0.15) is 11.2 Å². The van der Waals surface area contributed by atoms with Crippen molar-refractivity contribution in [1.82, 2.24) is 15.0 Å². The first-order chi connectivity index (χ1) is 6.91. The average Bonchev–Trinajstić information content (AvgIpc) is 2.16. The third kappa shape index (κ3) is 4.57. The third-order valence-corrected chi connectivity index (χ3v) is 3.73. The van der Waals surface area contributed by atoms with Crippen LogP contribution in [0.3, 0.4) is 0 Å². The Morgan fingerprint density at radius 2 is 0.733 bits per heavy atom. The number of hydrogen-bond donors (Lipinski definition) is 0. The van der Waals surface area contributed by atoms with Crippen LogP contribution in [-0.4, -0.2) is 15.0 Å². The average molecular weight is 597 g/mol. The Bertz CT molecular complexity index is 277. The predicted octanol–water partition coefficient (Wildman–Crippen LogP) is 5.24. The number of hydrogen-bond acceptors (Lipinski definition) is 3. The Balaban J connectivity index is 3.20. The minimum absolute atomic E-state index is 0.0944. The summed E-state index contributed by atoms with van der Waals surface area (Å²) >= 11 is 20.1. The van der Waals surface area contributed by atoms with Crippen molar-refractivity contribution in [2.75, 3.05) is 0 Å². The number of alkyl halides is 6. The molecule has 0 aliphatic rings. The Kier molecular flexibility index (Phi) is 6.70. The zero-order valence-electron chi connectivity index (χ0n) is 6.84. The summed E-state index contributed by atoms with van der Waals surface area (Å²) in [6, 6.07) is 0. The second kappa shape index (κ2) is 6.72. The molecule has 0 amide bonds. The SMILES string of the molecule is BrC(Br)c1nc(C(Br)Br)nc(C(Br)Br)n1. The van der Waals surface area contributed by atoms with Crippen LogP contribution in [-0.2, 0) is 0 Å². The molecule has 1 heterocycles. The van der Waals surface area contributed by atoms with Crippen LogP contribution in [0.5, 0.6) is 0 Å². The summed E-state index contributed by atoms with van der Waals surface area (Å²) in [6.07, 6.45) is 0. The Morgan fingerprint density at radius 1 is 0.533 bits per heavy atom. The van der Waals surface area contributed by atoms with Gasteiger partial charge in [-0.25, -0.2) is 15.0 Å². The van der Waals surface area contributed by atoms with E-state index in [1.54, 1.807) is 0 Å². The van der Waals surface area contributed by atoms with Gasteiger partial charge < -0.3 is 0 Å². The van der Waals surface area contributed by atoms with Crippen LogP contribution in [0.15, 0.2) is 0 Å². The Labute approximate surface area is 137 Å². The van der Waals surface area contributed by atoms with Crippen LogP contribution in [0.1, 0.15) is 28.7 Å². The molecule has 0 spiro atoms. The van der Waals surface area contributed by atoms with Crippen LogP contribution in [0.25, 0.3) is 0 Å². The molecule has 1 aromatic rings. The lowest BCUT2D eigenvalue weighted by Gasteiger charge is -2.08. The monoisotopic (exact) mass is 591 g/mol. The fourth-order valence-electron chi connectivity index (χ4n) is 0.720. The molecule has 15 heavy (non-hydrogen) atoms. The topological polar surface area (TPSA) is 38.7 Å². The first-order valence-electron chi connectivity index (χ1n) is 3.52. The maximum absolute atomic E-state index is 4.26. The lowest BCUT2D eigenvalue weighted by molar-refractivity contribution is 0.856.